The molecule has 0 spiro atoms. The van der Waals surface area contributed by atoms with Crippen LogP contribution < -0.4 is 0 Å². The van der Waals surface area contributed by atoms with Crippen molar-refractivity contribution in [2.45, 2.75) is 6.92 Å². The zero-order valence-corrected chi connectivity index (χ0v) is 7.01. The molecule has 10 heavy (non-hydrogen) atoms. The minimum Gasteiger partial charge on any atom is -0.152 e. The second-order valence-electron chi connectivity index (χ2n) is 1.84. The van der Waals surface area contributed by atoms with Crippen molar-refractivity contribution in [1.29, 1.82) is 0 Å². The summed E-state index contributed by atoms with van der Waals surface area (Å²) in [5.74, 6) is 0. The maximum atomic E-state index is 3.55. The summed E-state index contributed by atoms with van der Waals surface area (Å²) in [5.41, 5.74) is 1.32. The minimum atomic E-state index is 1.32. The van der Waals surface area contributed by atoms with Gasteiger partial charge >= 0.3 is 0 Å². The molecule has 0 aromatic heterocycles. The van der Waals surface area contributed by atoms with Crippen molar-refractivity contribution >= 4 is 12.6 Å². The summed E-state index contributed by atoms with van der Waals surface area (Å²) in [6.07, 6.45) is 0. The van der Waals surface area contributed by atoms with E-state index in [9.17, 15) is 0 Å². The fourth-order valence-electron chi connectivity index (χ4n) is 0.534. The molecule has 0 aliphatic heterocycles. The van der Waals surface area contributed by atoms with E-state index in [1.807, 2.05) is 18.2 Å². The van der Waals surface area contributed by atoms with Gasteiger partial charge in [-0.15, -0.1) is 0 Å². The van der Waals surface area contributed by atoms with Gasteiger partial charge in [0.15, 0.2) is 0 Å². The molecule has 0 amide bonds. The van der Waals surface area contributed by atoms with E-state index in [1.165, 1.54) is 11.0 Å². The SMILES string of the molecule is C=CS.Cc1ccccc1. The van der Waals surface area contributed by atoms with E-state index < -0.39 is 0 Å². The van der Waals surface area contributed by atoms with Crippen molar-refractivity contribution in [2.24, 2.45) is 0 Å². The lowest BCUT2D eigenvalue weighted by molar-refractivity contribution is 1.48. The lowest BCUT2D eigenvalue weighted by Gasteiger charge is -1.82. The summed E-state index contributed by atoms with van der Waals surface area (Å²) in [7, 11) is 0. The number of rotatable bonds is 0. The standard InChI is InChI=1S/C7H8.C2H4S/c1-7-5-3-2-4-6-7;1-2-3/h2-6H,1H3;2-3H,1H2. The molecule has 0 unspecified atom stereocenters. The van der Waals surface area contributed by atoms with Crippen LogP contribution in [0, 0.1) is 6.92 Å². The van der Waals surface area contributed by atoms with Gasteiger partial charge in [-0.25, -0.2) is 0 Å². The third-order valence-electron chi connectivity index (χ3n) is 0.940. The van der Waals surface area contributed by atoms with Gasteiger partial charge in [-0.05, 0) is 12.3 Å². The van der Waals surface area contributed by atoms with E-state index in [2.05, 4.69) is 38.3 Å². The monoisotopic (exact) mass is 152 g/mol. The second-order valence-corrected chi connectivity index (χ2v) is 2.20. The van der Waals surface area contributed by atoms with Crippen LogP contribution in [0.4, 0.5) is 0 Å². The highest BCUT2D eigenvalue weighted by Crippen LogP contribution is 1.92. The molecule has 1 heteroatoms. The van der Waals surface area contributed by atoms with E-state index in [0.29, 0.717) is 0 Å². The average Bonchev–Trinajstić information content (AvgIpc) is 1.91. The summed E-state index contributed by atoms with van der Waals surface area (Å²) in [5, 5.41) is 1.44. The van der Waals surface area contributed by atoms with Gasteiger partial charge in [0, 0.05) is 0 Å². The maximum absolute atomic E-state index is 3.55. The molecule has 0 nitrogen and oxygen atoms in total. The Morgan fingerprint density at radius 1 is 1.30 bits per heavy atom. The molecular weight excluding hydrogens is 140 g/mol. The largest absolute Gasteiger partial charge is 0.152 e. The molecule has 0 aliphatic carbocycles. The Morgan fingerprint density at radius 2 is 1.70 bits per heavy atom. The predicted molar refractivity (Wildman–Crippen MR) is 50.4 cm³/mol. The highest BCUT2D eigenvalue weighted by molar-refractivity contribution is 7.83. The lowest BCUT2D eigenvalue weighted by Crippen LogP contribution is -1.62. The van der Waals surface area contributed by atoms with Crippen LogP contribution in [0.25, 0.3) is 0 Å². The van der Waals surface area contributed by atoms with Crippen LogP contribution in [-0.4, -0.2) is 0 Å². The van der Waals surface area contributed by atoms with Gasteiger partial charge in [-0.1, -0.05) is 42.5 Å². The van der Waals surface area contributed by atoms with Crippen molar-refractivity contribution in [3.05, 3.63) is 47.9 Å². The number of aryl methyl sites for hydroxylation is 1. The van der Waals surface area contributed by atoms with Gasteiger partial charge in [0.2, 0.25) is 0 Å². The van der Waals surface area contributed by atoms with Gasteiger partial charge in [-0.2, -0.15) is 12.6 Å². The zero-order valence-electron chi connectivity index (χ0n) is 6.12. The topological polar surface area (TPSA) is 0 Å². The van der Waals surface area contributed by atoms with Gasteiger partial charge < -0.3 is 0 Å². The van der Waals surface area contributed by atoms with Crippen molar-refractivity contribution in [3.8, 4) is 0 Å². The van der Waals surface area contributed by atoms with Crippen LogP contribution in [-0.2, 0) is 0 Å². The summed E-state index contributed by atoms with van der Waals surface area (Å²) < 4.78 is 0. The Balaban J connectivity index is 0.000000236. The molecular formula is C9H12S. The van der Waals surface area contributed by atoms with Gasteiger partial charge in [0.25, 0.3) is 0 Å². The second kappa shape index (κ2) is 6.43. The van der Waals surface area contributed by atoms with Crippen LogP contribution >= 0.6 is 12.6 Å². The molecule has 0 heterocycles. The van der Waals surface area contributed by atoms with E-state index in [1.54, 1.807) is 0 Å². The van der Waals surface area contributed by atoms with E-state index in [-0.39, 0.29) is 0 Å². The maximum Gasteiger partial charge on any atom is -0.0396 e. The van der Waals surface area contributed by atoms with Gasteiger partial charge in [0.05, 0.1) is 0 Å². The summed E-state index contributed by atoms with van der Waals surface area (Å²) in [6, 6.07) is 10.3. The Bertz CT molecular complexity index is 167. The Kier molecular flexibility index (Phi) is 5.99. The average molecular weight is 152 g/mol. The zero-order chi connectivity index (χ0) is 7.82. The predicted octanol–water partition coefficient (Wildman–Crippen LogP) is 3.05. The van der Waals surface area contributed by atoms with E-state index in [4.69, 9.17) is 0 Å². The minimum absolute atomic E-state index is 1.32. The molecule has 0 aliphatic rings. The van der Waals surface area contributed by atoms with Crippen molar-refractivity contribution in [1.82, 2.24) is 0 Å². The van der Waals surface area contributed by atoms with Crippen LogP contribution in [0.3, 0.4) is 0 Å². The molecule has 0 bridgehead atoms. The number of hydrogen-bond donors (Lipinski definition) is 1. The number of thiol groups is 1. The molecule has 0 N–H and O–H groups in total. The molecule has 0 saturated carbocycles. The first-order valence-electron chi connectivity index (χ1n) is 3.08. The molecule has 0 fully saturated rings. The van der Waals surface area contributed by atoms with Crippen LogP contribution in [0.2, 0.25) is 0 Å². The van der Waals surface area contributed by atoms with Gasteiger partial charge in [0.1, 0.15) is 0 Å². The summed E-state index contributed by atoms with van der Waals surface area (Å²) in [6.45, 7) is 5.31. The Labute approximate surface area is 68.0 Å². The van der Waals surface area contributed by atoms with Crippen LogP contribution in [0.5, 0.6) is 0 Å². The van der Waals surface area contributed by atoms with E-state index >= 15 is 0 Å². The first kappa shape index (κ1) is 9.31. The van der Waals surface area contributed by atoms with Crippen molar-refractivity contribution in [3.63, 3.8) is 0 Å². The number of benzene rings is 1. The number of hydrogen-bond acceptors (Lipinski definition) is 1. The van der Waals surface area contributed by atoms with E-state index in [0.717, 1.165) is 0 Å². The summed E-state index contributed by atoms with van der Waals surface area (Å²) in [4.78, 5) is 0. The van der Waals surface area contributed by atoms with Crippen molar-refractivity contribution < 1.29 is 0 Å². The molecule has 0 saturated heterocycles. The third kappa shape index (κ3) is 5.45. The molecule has 0 radical (unpaired) electrons. The Hall–Kier alpha value is -0.690. The first-order valence-corrected chi connectivity index (χ1v) is 3.59. The van der Waals surface area contributed by atoms with Crippen LogP contribution in [0.15, 0.2) is 42.3 Å². The van der Waals surface area contributed by atoms with Crippen LogP contribution in [0.1, 0.15) is 5.56 Å². The highest BCUT2D eigenvalue weighted by atomic mass is 32.1. The quantitative estimate of drug-likeness (QED) is 0.543. The smallest absolute Gasteiger partial charge is 0.0396 e. The van der Waals surface area contributed by atoms with Crippen molar-refractivity contribution in [2.75, 3.05) is 0 Å². The summed E-state index contributed by atoms with van der Waals surface area (Å²) >= 11 is 3.55. The molecule has 1 aromatic rings. The fourth-order valence-corrected chi connectivity index (χ4v) is 0.534. The molecule has 0 atom stereocenters. The third-order valence-corrected chi connectivity index (χ3v) is 0.940. The molecule has 54 valence electrons. The Morgan fingerprint density at radius 3 is 1.90 bits per heavy atom. The fraction of sp³-hybridized carbons (Fsp3) is 0.111. The highest BCUT2D eigenvalue weighted by Gasteiger charge is 1.72. The lowest BCUT2D eigenvalue weighted by atomic mass is 10.2. The normalized spacial score (nSPS) is 7.40. The first-order chi connectivity index (χ1) is 4.81. The molecule has 1 rings (SSSR count). The molecule has 1 aromatic carbocycles. The van der Waals surface area contributed by atoms with Gasteiger partial charge in [-0.3, -0.25) is 0 Å².